The fourth-order valence-corrected chi connectivity index (χ4v) is 5.14. The van der Waals surface area contributed by atoms with Crippen molar-refractivity contribution in [3.05, 3.63) is 101 Å². The molecule has 0 aliphatic carbocycles. The molecular formula is C31H33N3O8S. The molecule has 0 bridgehead atoms. The molecule has 226 valence electrons. The van der Waals surface area contributed by atoms with Gasteiger partial charge in [0.1, 0.15) is 23.8 Å². The van der Waals surface area contributed by atoms with Gasteiger partial charge in [-0.25, -0.2) is 9.78 Å². The zero-order valence-corrected chi connectivity index (χ0v) is 25.2. The van der Waals surface area contributed by atoms with Gasteiger partial charge in [-0.05, 0) is 55.8 Å². The van der Waals surface area contributed by atoms with Gasteiger partial charge >= 0.3 is 22.3 Å². The van der Waals surface area contributed by atoms with Crippen molar-refractivity contribution in [2.45, 2.75) is 26.8 Å². The molecule has 0 atom stereocenters. The summed E-state index contributed by atoms with van der Waals surface area (Å²) in [6, 6.07) is 22.7. The molecule has 4 rings (SSSR count). The monoisotopic (exact) mass is 607 g/mol. The van der Waals surface area contributed by atoms with Crippen LogP contribution in [0, 0.1) is 13.8 Å². The van der Waals surface area contributed by atoms with Crippen molar-refractivity contribution in [2.75, 3.05) is 27.3 Å². The molecule has 0 fully saturated rings. The molecule has 43 heavy (non-hydrogen) atoms. The lowest BCUT2D eigenvalue weighted by Gasteiger charge is -2.26. The van der Waals surface area contributed by atoms with Crippen molar-refractivity contribution >= 4 is 22.3 Å². The molecule has 3 aromatic carbocycles. The molecular weight excluding hydrogens is 574 g/mol. The minimum atomic E-state index is -4.46. The second kappa shape index (κ2) is 14.0. The highest BCUT2D eigenvalue weighted by Gasteiger charge is 2.33. The first-order chi connectivity index (χ1) is 20.6. The predicted octanol–water partition coefficient (Wildman–Crippen LogP) is 4.93. The molecule has 0 saturated heterocycles. The third-order valence-electron chi connectivity index (χ3n) is 6.49. The van der Waals surface area contributed by atoms with Gasteiger partial charge in [-0.1, -0.05) is 48.0 Å². The summed E-state index contributed by atoms with van der Waals surface area (Å²) in [4.78, 5) is 29.2. The highest BCUT2D eigenvalue weighted by molar-refractivity contribution is 7.87. The Balaban J connectivity index is 1.38. The second-order valence-electron chi connectivity index (χ2n) is 9.63. The Bertz CT molecular complexity index is 1640. The highest BCUT2D eigenvalue weighted by Crippen LogP contribution is 2.23. The molecule has 0 aliphatic heterocycles. The number of amides is 1. The van der Waals surface area contributed by atoms with Crippen molar-refractivity contribution in [1.29, 1.82) is 0 Å². The van der Waals surface area contributed by atoms with Gasteiger partial charge in [0.25, 0.3) is 0 Å². The molecule has 1 heterocycles. The van der Waals surface area contributed by atoms with Crippen LogP contribution in [0.3, 0.4) is 0 Å². The van der Waals surface area contributed by atoms with E-state index in [1.807, 2.05) is 38.1 Å². The lowest BCUT2D eigenvalue weighted by molar-refractivity contribution is -0.140. The number of carbonyl (C=O) groups excluding carboxylic acids is 2. The van der Waals surface area contributed by atoms with Crippen molar-refractivity contribution in [3.8, 4) is 23.0 Å². The van der Waals surface area contributed by atoms with Gasteiger partial charge in [0.05, 0.1) is 19.4 Å². The van der Waals surface area contributed by atoms with Crippen LogP contribution in [0.25, 0.3) is 11.5 Å². The van der Waals surface area contributed by atoms with Crippen LogP contribution in [-0.4, -0.2) is 61.4 Å². The van der Waals surface area contributed by atoms with E-state index in [2.05, 4.69) is 9.72 Å². The minimum Gasteiger partial charge on any atom is -0.493 e. The summed E-state index contributed by atoms with van der Waals surface area (Å²) in [6.07, 6.45) is -0.599. The smallest absolute Gasteiger partial charge is 0.429 e. The maximum Gasteiger partial charge on any atom is 0.429 e. The maximum absolute atomic E-state index is 13.3. The normalized spacial score (nSPS) is 11.3. The lowest BCUT2D eigenvalue weighted by atomic mass is 10.1. The summed E-state index contributed by atoms with van der Waals surface area (Å²) in [5.41, 5.74) is 3.41. The number of ether oxygens (including phenoxy) is 3. The maximum atomic E-state index is 13.3. The zero-order chi connectivity index (χ0) is 31.0. The van der Waals surface area contributed by atoms with Gasteiger partial charge < -0.3 is 18.6 Å². The Hall–Kier alpha value is -4.68. The number of carbonyl (C=O) groups is 2. The summed E-state index contributed by atoms with van der Waals surface area (Å²) >= 11 is 0. The van der Waals surface area contributed by atoms with Crippen molar-refractivity contribution in [1.82, 2.24) is 13.6 Å². The van der Waals surface area contributed by atoms with E-state index in [-0.39, 0.29) is 12.3 Å². The standard InChI is InChI=1S/C31H33N3O8S/c1-22-10-14-25(15-11-22)30-32-28(23(2)41-30)18-19-40-26-16-12-24(13-17-26)20-34(21-29(35)39-4)43(37,38)33(3)31(36)42-27-8-6-5-7-9-27/h5-17H,18-21H2,1-4H3. The average Bonchev–Trinajstić information content (AvgIpc) is 3.37. The third-order valence-corrected chi connectivity index (χ3v) is 8.24. The topological polar surface area (TPSA) is 128 Å². The predicted molar refractivity (Wildman–Crippen MR) is 159 cm³/mol. The quantitative estimate of drug-likeness (QED) is 0.206. The fraction of sp³-hybridized carbons (Fsp3) is 0.258. The number of para-hydroxylation sites is 1. The number of oxazole rings is 1. The molecule has 1 aromatic heterocycles. The SMILES string of the molecule is COC(=O)CN(Cc1ccc(OCCc2nc(-c3ccc(C)cc3)oc2C)cc1)S(=O)(=O)N(C)C(=O)Oc1ccccc1. The van der Waals surface area contributed by atoms with Gasteiger partial charge in [-0.3, -0.25) is 4.79 Å². The molecule has 0 saturated carbocycles. The Morgan fingerprint density at radius 3 is 2.23 bits per heavy atom. The number of hydrogen-bond donors (Lipinski definition) is 0. The highest BCUT2D eigenvalue weighted by atomic mass is 32.2. The summed E-state index contributed by atoms with van der Waals surface area (Å²) in [6.45, 7) is 3.41. The van der Waals surface area contributed by atoms with Crippen LogP contribution in [0.2, 0.25) is 0 Å². The van der Waals surface area contributed by atoms with E-state index in [1.54, 1.807) is 42.5 Å². The van der Waals surface area contributed by atoms with Crippen molar-refractivity contribution in [3.63, 3.8) is 0 Å². The summed E-state index contributed by atoms with van der Waals surface area (Å²) < 4.78 is 49.4. The van der Waals surface area contributed by atoms with Crippen LogP contribution in [0.4, 0.5) is 4.79 Å². The third kappa shape index (κ3) is 8.21. The van der Waals surface area contributed by atoms with E-state index in [0.717, 1.165) is 41.0 Å². The van der Waals surface area contributed by atoms with Gasteiger partial charge in [0.15, 0.2) is 0 Å². The molecule has 11 nitrogen and oxygen atoms in total. The number of nitrogens with zero attached hydrogens (tertiary/aromatic N) is 3. The lowest BCUT2D eigenvalue weighted by Crippen LogP contribution is -2.47. The molecule has 4 aromatic rings. The second-order valence-corrected chi connectivity index (χ2v) is 11.6. The van der Waals surface area contributed by atoms with Gasteiger partial charge in [0, 0.05) is 25.6 Å². The van der Waals surface area contributed by atoms with Crippen LogP contribution in [0.15, 0.2) is 83.3 Å². The van der Waals surface area contributed by atoms with E-state index < -0.39 is 28.8 Å². The van der Waals surface area contributed by atoms with Crippen LogP contribution in [0.1, 0.15) is 22.6 Å². The molecule has 12 heteroatoms. The van der Waals surface area contributed by atoms with Gasteiger partial charge in [-0.15, -0.1) is 0 Å². The largest absolute Gasteiger partial charge is 0.493 e. The zero-order valence-electron chi connectivity index (χ0n) is 24.3. The number of esters is 1. The summed E-state index contributed by atoms with van der Waals surface area (Å²) in [5.74, 6) is 1.23. The minimum absolute atomic E-state index is 0.176. The van der Waals surface area contributed by atoms with Crippen molar-refractivity contribution < 1.29 is 36.6 Å². The number of aromatic nitrogens is 1. The fourth-order valence-electron chi connectivity index (χ4n) is 3.99. The van der Waals surface area contributed by atoms with Crippen LogP contribution < -0.4 is 9.47 Å². The van der Waals surface area contributed by atoms with Crippen molar-refractivity contribution in [2.24, 2.45) is 0 Å². The number of aryl methyl sites for hydroxylation is 2. The molecule has 0 spiro atoms. The number of rotatable bonds is 12. The number of benzene rings is 3. The average molecular weight is 608 g/mol. The number of methoxy groups -OCH3 is 1. The Kier molecular flexibility index (Phi) is 10.2. The van der Waals surface area contributed by atoms with Gasteiger partial charge in [-0.2, -0.15) is 17.0 Å². The van der Waals surface area contributed by atoms with E-state index in [0.29, 0.717) is 34.5 Å². The van der Waals surface area contributed by atoms with E-state index in [4.69, 9.17) is 13.9 Å². The summed E-state index contributed by atoms with van der Waals surface area (Å²) in [5, 5.41) is 0. The molecule has 0 unspecified atom stereocenters. The molecule has 0 radical (unpaired) electrons. The summed E-state index contributed by atoms with van der Waals surface area (Å²) in [7, 11) is -2.25. The Morgan fingerprint density at radius 2 is 1.58 bits per heavy atom. The van der Waals surface area contributed by atoms with Crippen LogP contribution in [0.5, 0.6) is 11.5 Å². The van der Waals surface area contributed by atoms with E-state index in [1.165, 1.54) is 12.1 Å². The first kappa shape index (κ1) is 31.3. The van der Waals surface area contributed by atoms with Crippen LogP contribution >= 0.6 is 0 Å². The Labute approximate surface area is 250 Å². The molecule has 0 N–H and O–H groups in total. The first-order valence-electron chi connectivity index (χ1n) is 13.4. The van der Waals surface area contributed by atoms with E-state index >= 15 is 0 Å². The molecule has 0 aliphatic rings. The Morgan fingerprint density at radius 1 is 0.907 bits per heavy atom. The first-order valence-corrected chi connectivity index (χ1v) is 14.8. The van der Waals surface area contributed by atoms with Gasteiger partial charge in [0.2, 0.25) is 5.89 Å². The van der Waals surface area contributed by atoms with E-state index in [9.17, 15) is 18.0 Å². The number of hydrogen-bond acceptors (Lipinski definition) is 9. The molecule has 1 amide bonds. The van der Waals surface area contributed by atoms with Crippen LogP contribution in [-0.2, 0) is 32.7 Å².